The minimum absolute atomic E-state index is 0.0933. The molecule has 1 aromatic heterocycles. The fourth-order valence-electron chi connectivity index (χ4n) is 5.24. The molecule has 0 unspecified atom stereocenters. The van der Waals surface area contributed by atoms with E-state index in [0.29, 0.717) is 65.9 Å². The van der Waals surface area contributed by atoms with E-state index in [0.717, 1.165) is 5.56 Å². The molecule has 1 amide bonds. The number of carboxylic acids is 1. The van der Waals surface area contributed by atoms with Gasteiger partial charge in [-0.25, -0.2) is 14.6 Å². The van der Waals surface area contributed by atoms with E-state index < -0.39 is 11.9 Å². The SMILES string of the molecule is CCOC(=O)c1cccc(NC(=O)C2CCN(Cc3c(-c4ccccc4)nc4ccccc4c3C(=O)O)CC2)c1. The fourth-order valence-corrected chi connectivity index (χ4v) is 5.24. The normalized spacial score (nSPS) is 14.1. The van der Waals surface area contributed by atoms with E-state index in [-0.39, 0.29) is 24.0 Å². The summed E-state index contributed by atoms with van der Waals surface area (Å²) in [5.41, 5.74) is 4.07. The third-order valence-corrected chi connectivity index (χ3v) is 7.24. The number of likely N-dealkylation sites (tertiary alicyclic amines) is 1. The summed E-state index contributed by atoms with van der Waals surface area (Å²) in [6.07, 6.45) is 1.26. The summed E-state index contributed by atoms with van der Waals surface area (Å²) in [7, 11) is 0. The van der Waals surface area contributed by atoms with E-state index in [1.54, 1.807) is 37.3 Å². The number of amides is 1. The van der Waals surface area contributed by atoms with Crippen LogP contribution < -0.4 is 5.32 Å². The molecule has 5 rings (SSSR count). The van der Waals surface area contributed by atoms with Crippen LogP contribution in [0.4, 0.5) is 5.69 Å². The predicted octanol–water partition coefficient (Wildman–Crippen LogP) is 5.63. The van der Waals surface area contributed by atoms with Crippen LogP contribution in [0.5, 0.6) is 0 Å². The van der Waals surface area contributed by atoms with Crippen molar-refractivity contribution in [1.82, 2.24) is 9.88 Å². The average Bonchev–Trinajstić information content (AvgIpc) is 2.97. The number of ether oxygens (including phenoxy) is 1. The lowest BCUT2D eigenvalue weighted by Crippen LogP contribution is -2.38. The molecule has 0 radical (unpaired) electrons. The van der Waals surface area contributed by atoms with Crippen molar-refractivity contribution in [3.05, 3.63) is 95.6 Å². The lowest BCUT2D eigenvalue weighted by molar-refractivity contribution is -0.121. The zero-order valence-electron chi connectivity index (χ0n) is 22.3. The highest BCUT2D eigenvalue weighted by Crippen LogP contribution is 2.32. The molecule has 0 spiro atoms. The molecule has 0 saturated carbocycles. The second kappa shape index (κ2) is 12.1. The van der Waals surface area contributed by atoms with Gasteiger partial charge in [0.15, 0.2) is 0 Å². The van der Waals surface area contributed by atoms with Crippen LogP contribution in [-0.2, 0) is 16.1 Å². The molecule has 1 aliphatic heterocycles. The maximum atomic E-state index is 13.0. The Morgan fingerprint density at radius 3 is 2.42 bits per heavy atom. The van der Waals surface area contributed by atoms with Crippen LogP contribution >= 0.6 is 0 Å². The van der Waals surface area contributed by atoms with Gasteiger partial charge >= 0.3 is 11.9 Å². The number of anilines is 1. The Morgan fingerprint density at radius 2 is 1.70 bits per heavy atom. The van der Waals surface area contributed by atoms with Crippen molar-refractivity contribution in [2.24, 2.45) is 5.92 Å². The number of piperidine rings is 1. The number of nitrogens with zero attached hydrogens (tertiary/aromatic N) is 2. The second-order valence-corrected chi connectivity index (χ2v) is 9.84. The topological polar surface area (TPSA) is 109 Å². The quantitative estimate of drug-likeness (QED) is 0.281. The first-order valence-electron chi connectivity index (χ1n) is 13.4. The molecule has 3 aromatic carbocycles. The van der Waals surface area contributed by atoms with Crippen LogP contribution in [0.15, 0.2) is 78.9 Å². The molecule has 1 fully saturated rings. The average molecular weight is 538 g/mol. The van der Waals surface area contributed by atoms with Gasteiger partial charge < -0.3 is 15.2 Å². The van der Waals surface area contributed by atoms with E-state index in [9.17, 15) is 19.5 Å². The number of benzene rings is 3. The van der Waals surface area contributed by atoms with Crippen LogP contribution in [0.1, 0.15) is 46.0 Å². The Kier molecular flexibility index (Phi) is 8.17. The number of aromatic nitrogens is 1. The summed E-state index contributed by atoms with van der Waals surface area (Å²) >= 11 is 0. The highest BCUT2D eigenvalue weighted by atomic mass is 16.5. The summed E-state index contributed by atoms with van der Waals surface area (Å²) in [4.78, 5) is 44.7. The van der Waals surface area contributed by atoms with Crippen LogP contribution in [0.25, 0.3) is 22.2 Å². The summed E-state index contributed by atoms with van der Waals surface area (Å²) in [5, 5.41) is 13.8. The summed E-state index contributed by atoms with van der Waals surface area (Å²) in [6, 6.07) is 23.7. The Hall–Kier alpha value is -4.56. The van der Waals surface area contributed by atoms with Crippen molar-refractivity contribution in [2.45, 2.75) is 26.3 Å². The number of rotatable bonds is 8. The van der Waals surface area contributed by atoms with Gasteiger partial charge in [0.1, 0.15) is 0 Å². The maximum absolute atomic E-state index is 13.0. The minimum Gasteiger partial charge on any atom is -0.478 e. The van der Waals surface area contributed by atoms with Crippen molar-refractivity contribution in [3.63, 3.8) is 0 Å². The van der Waals surface area contributed by atoms with Crippen molar-refractivity contribution >= 4 is 34.4 Å². The van der Waals surface area contributed by atoms with Crippen LogP contribution in [0.2, 0.25) is 0 Å². The van der Waals surface area contributed by atoms with Crippen molar-refractivity contribution in [1.29, 1.82) is 0 Å². The molecule has 2 N–H and O–H groups in total. The number of carboxylic acid groups (broad SMARTS) is 1. The van der Waals surface area contributed by atoms with Crippen LogP contribution in [0.3, 0.4) is 0 Å². The molecule has 0 atom stereocenters. The lowest BCUT2D eigenvalue weighted by Gasteiger charge is -2.32. The third kappa shape index (κ3) is 5.87. The molecule has 0 bridgehead atoms. The van der Waals surface area contributed by atoms with Gasteiger partial charge in [-0.15, -0.1) is 0 Å². The number of pyridine rings is 1. The minimum atomic E-state index is -0.981. The largest absolute Gasteiger partial charge is 0.478 e. The van der Waals surface area contributed by atoms with E-state index in [1.165, 1.54) is 0 Å². The number of fused-ring (bicyclic) bond motifs is 1. The number of para-hydroxylation sites is 1. The van der Waals surface area contributed by atoms with Gasteiger partial charge in [0.2, 0.25) is 5.91 Å². The Labute approximate surface area is 232 Å². The summed E-state index contributed by atoms with van der Waals surface area (Å²) < 4.78 is 5.05. The van der Waals surface area contributed by atoms with Crippen molar-refractivity contribution < 1.29 is 24.2 Å². The van der Waals surface area contributed by atoms with E-state index >= 15 is 0 Å². The smallest absolute Gasteiger partial charge is 0.338 e. The molecule has 4 aromatic rings. The maximum Gasteiger partial charge on any atom is 0.338 e. The highest BCUT2D eigenvalue weighted by Gasteiger charge is 2.28. The van der Waals surface area contributed by atoms with E-state index in [2.05, 4.69) is 10.2 Å². The fraction of sp³-hybridized carbons (Fsp3) is 0.250. The zero-order chi connectivity index (χ0) is 28.1. The van der Waals surface area contributed by atoms with Gasteiger partial charge in [-0.2, -0.15) is 0 Å². The first kappa shape index (κ1) is 27.0. The van der Waals surface area contributed by atoms with Gasteiger partial charge in [0, 0.05) is 34.7 Å². The monoisotopic (exact) mass is 537 g/mol. The molecule has 0 aliphatic carbocycles. The second-order valence-electron chi connectivity index (χ2n) is 9.84. The first-order chi connectivity index (χ1) is 19.4. The van der Waals surface area contributed by atoms with Gasteiger partial charge in [0.25, 0.3) is 0 Å². The van der Waals surface area contributed by atoms with E-state index in [4.69, 9.17) is 9.72 Å². The number of carbonyl (C=O) groups excluding carboxylic acids is 2. The van der Waals surface area contributed by atoms with Gasteiger partial charge in [-0.3, -0.25) is 9.69 Å². The molecule has 204 valence electrons. The number of carbonyl (C=O) groups is 3. The van der Waals surface area contributed by atoms with Crippen molar-refractivity contribution in [2.75, 3.05) is 25.0 Å². The third-order valence-electron chi connectivity index (χ3n) is 7.24. The van der Waals surface area contributed by atoms with Gasteiger partial charge in [0.05, 0.1) is 28.9 Å². The Balaban J connectivity index is 1.33. The zero-order valence-corrected chi connectivity index (χ0v) is 22.3. The Morgan fingerprint density at radius 1 is 0.975 bits per heavy atom. The standard InChI is InChI=1S/C32H31N3O5/c1-2-40-32(39)23-11-8-12-24(19-23)33-30(36)22-15-17-35(18-16-22)20-26-28(31(37)38)25-13-6-7-14-27(25)34-29(26)21-9-4-3-5-10-21/h3-14,19,22H,2,15-18,20H2,1H3,(H,33,36)(H,37,38). The molecule has 2 heterocycles. The molecular formula is C32H31N3O5. The molecular weight excluding hydrogens is 506 g/mol. The van der Waals surface area contributed by atoms with E-state index in [1.807, 2.05) is 48.5 Å². The summed E-state index contributed by atoms with van der Waals surface area (Å²) in [5.74, 6) is -1.69. The number of hydrogen-bond donors (Lipinski definition) is 2. The number of hydrogen-bond acceptors (Lipinski definition) is 6. The van der Waals surface area contributed by atoms with Gasteiger partial charge in [-0.1, -0.05) is 54.6 Å². The predicted molar refractivity (Wildman–Crippen MR) is 153 cm³/mol. The molecule has 1 saturated heterocycles. The highest BCUT2D eigenvalue weighted by molar-refractivity contribution is 6.05. The number of esters is 1. The lowest BCUT2D eigenvalue weighted by atomic mass is 9.93. The van der Waals surface area contributed by atoms with Gasteiger partial charge in [-0.05, 0) is 57.1 Å². The Bertz CT molecular complexity index is 1550. The van der Waals surface area contributed by atoms with Crippen LogP contribution in [-0.4, -0.2) is 52.5 Å². The summed E-state index contributed by atoms with van der Waals surface area (Å²) in [6.45, 7) is 3.73. The molecule has 1 aliphatic rings. The molecule has 40 heavy (non-hydrogen) atoms. The molecule has 8 nitrogen and oxygen atoms in total. The van der Waals surface area contributed by atoms with Crippen LogP contribution in [0, 0.1) is 5.92 Å². The van der Waals surface area contributed by atoms with Crippen molar-refractivity contribution in [3.8, 4) is 11.3 Å². The molecule has 8 heteroatoms. The number of nitrogens with one attached hydrogen (secondary N) is 1. The number of aromatic carboxylic acids is 1. The first-order valence-corrected chi connectivity index (χ1v) is 13.4.